The van der Waals surface area contributed by atoms with Crippen LogP contribution >= 0.6 is 11.8 Å². The van der Waals surface area contributed by atoms with Crippen molar-refractivity contribution in [2.45, 2.75) is 26.0 Å². The zero-order chi connectivity index (χ0) is 20.3. The minimum absolute atomic E-state index is 0.0143. The van der Waals surface area contributed by atoms with Crippen molar-refractivity contribution in [2.24, 2.45) is 0 Å². The summed E-state index contributed by atoms with van der Waals surface area (Å²) in [6.07, 6.45) is 0. The molecule has 0 saturated heterocycles. The molecular formula is C19H18N4O4S. The average molecular weight is 398 g/mol. The van der Waals surface area contributed by atoms with Gasteiger partial charge in [0.25, 0.3) is 10.9 Å². The third kappa shape index (κ3) is 4.55. The summed E-state index contributed by atoms with van der Waals surface area (Å²) in [7, 11) is 0. The third-order valence-electron chi connectivity index (χ3n) is 4.11. The van der Waals surface area contributed by atoms with Gasteiger partial charge >= 0.3 is 0 Å². The number of nitrogens with zero attached hydrogens (tertiary/aromatic N) is 3. The number of hydrogen-bond donors (Lipinski definition) is 1. The van der Waals surface area contributed by atoms with Gasteiger partial charge in [-0.05, 0) is 50.1 Å². The molecule has 0 aliphatic carbocycles. The lowest BCUT2D eigenvalue weighted by molar-refractivity contribution is -0.384. The Morgan fingerprint density at radius 1 is 1.14 bits per heavy atom. The third-order valence-corrected chi connectivity index (χ3v) is 4.93. The number of aromatic nitrogens is 2. The minimum Gasteiger partial charge on any atom is -0.411 e. The van der Waals surface area contributed by atoms with E-state index in [1.807, 2.05) is 38.1 Å². The number of benzene rings is 2. The van der Waals surface area contributed by atoms with Crippen molar-refractivity contribution in [3.63, 3.8) is 0 Å². The fourth-order valence-electron chi connectivity index (χ4n) is 2.45. The van der Waals surface area contributed by atoms with E-state index >= 15 is 0 Å². The van der Waals surface area contributed by atoms with Crippen LogP contribution in [0.1, 0.15) is 16.7 Å². The van der Waals surface area contributed by atoms with Crippen LogP contribution in [0.25, 0.3) is 11.5 Å². The summed E-state index contributed by atoms with van der Waals surface area (Å²) in [6.45, 7) is 5.59. The van der Waals surface area contributed by atoms with Crippen molar-refractivity contribution in [1.82, 2.24) is 10.2 Å². The van der Waals surface area contributed by atoms with Gasteiger partial charge < -0.3 is 9.73 Å². The number of carbonyl (C=O) groups is 1. The molecule has 0 spiro atoms. The molecule has 0 bridgehead atoms. The van der Waals surface area contributed by atoms with Gasteiger partial charge in [0.2, 0.25) is 11.8 Å². The number of carbonyl (C=O) groups excluding carboxylic acids is 1. The van der Waals surface area contributed by atoms with Crippen molar-refractivity contribution >= 4 is 29.0 Å². The van der Waals surface area contributed by atoms with E-state index in [2.05, 4.69) is 15.5 Å². The maximum Gasteiger partial charge on any atom is 0.293 e. The first-order valence-corrected chi connectivity index (χ1v) is 9.41. The molecule has 9 heteroatoms. The van der Waals surface area contributed by atoms with Crippen LogP contribution in [0, 0.1) is 30.9 Å². The first-order chi connectivity index (χ1) is 13.3. The van der Waals surface area contributed by atoms with E-state index in [0.717, 1.165) is 34.0 Å². The summed E-state index contributed by atoms with van der Waals surface area (Å²) in [5.41, 5.74) is 3.59. The van der Waals surface area contributed by atoms with E-state index in [4.69, 9.17) is 4.42 Å². The Balaban J connectivity index is 1.65. The lowest BCUT2D eigenvalue weighted by Gasteiger charge is -2.08. The van der Waals surface area contributed by atoms with Crippen molar-refractivity contribution in [3.8, 4) is 11.5 Å². The van der Waals surface area contributed by atoms with Crippen LogP contribution in [-0.2, 0) is 4.79 Å². The van der Waals surface area contributed by atoms with Crippen LogP contribution in [0.2, 0.25) is 0 Å². The predicted molar refractivity (Wildman–Crippen MR) is 106 cm³/mol. The van der Waals surface area contributed by atoms with Gasteiger partial charge in [-0.3, -0.25) is 14.9 Å². The molecule has 0 fully saturated rings. The molecule has 0 aliphatic heterocycles. The molecule has 1 heterocycles. The Labute approximate surface area is 165 Å². The van der Waals surface area contributed by atoms with E-state index in [0.29, 0.717) is 5.89 Å². The number of nitrogens with one attached hydrogen (secondary N) is 1. The van der Waals surface area contributed by atoms with Crippen LogP contribution < -0.4 is 5.32 Å². The van der Waals surface area contributed by atoms with Crippen molar-refractivity contribution in [2.75, 3.05) is 11.1 Å². The fourth-order valence-corrected chi connectivity index (χ4v) is 3.01. The summed E-state index contributed by atoms with van der Waals surface area (Å²) < 4.78 is 5.56. The van der Waals surface area contributed by atoms with Gasteiger partial charge in [0.15, 0.2) is 0 Å². The number of nitro benzene ring substituents is 1. The Kier molecular flexibility index (Phi) is 5.74. The second-order valence-corrected chi connectivity index (χ2v) is 7.21. The van der Waals surface area contributed by atoms with Crippen LogP contribution in [0.3, 0.4) is 0 Å². The Hall–Kier alpha value is -3.20. The molecule has 1 N–H and O–H groups in total. The van der Waals surface area contributed by atoms with E-state index in [9.17, 15) is 14.9 Å². The molecule has 3 aromatic rings. The van der Waals surface area contributed by atoms with Crippen LogP contribution in [0.5, 0.6) is 0 Å². The molecule has 3 rings (SSSR count). The zero-order valence-electron chi connectivity index (χ0n) is 15.6. The monoisotopic (exact) mass is 398 g/mol. The SMILES string of the molecule is Cc1ccc(-c2nnc(SCC(=O)Nc3cc(C)c(C)cc3[N+](=O)[O-])o2)cc1. The molecule has 2 aromatic carbocycles. The van der Waals surface area contributed by atoms with E-state index in [-0.39, 0.29) is 22.4 Å². The smallest absolute Gasteiger partial charge is 0.293 e. The van der Waals surface area contributed by atoms with Gasteiger partial charge in [-0.1, -0.05) is 29.5 Å². The summed E-state index contributed by atoms with van der Waals surface area (Å²) in [5.74, 6) is -0.0428. The quantitative estimate of drug-likeness (QED) is 0.374. The Morgan fingerprint density at radius 2 is 1.82 bits per heavy atom. The van der Waals surface area contributed by atoms with Crippen LogP contribution in [0.4, 0.5) is 11.4 Å². The molecule has 0 aliphatic rings. The Morgan fingerprint density at radius 3 is 2.50 bits per heavy atom. The van der Waals surface area contributed by atoms with Crippen LogP contribution in [0.15, 0.2) is 46.0 Å². The number of rotatable bonds is 6. The lowest BCUT2D eigenvalue weighted by atomic mass is 10.1. The van der Waals surface area contributed by atoms with Crippen molar-refractivity contribution in [3.05, 3.63) is 63.2 Å². The molecule has 0 unspecified atom stereocenters. The van der Waals surface area contributed by atoms with Gasteiger partial charge in [0, 0.05) is 11.6 Å². The number of nitro groups is 1. The van der Waals surface area contributed by atoms with E-state index in [1.54, 1.807) is 13.0 Å². The van der Waals surface area contributed by atoms with Crippen molar-refractivity contribution in [1.29, 1.82) is 0 Å². The molecular weight excluding hydrogens is 380 g/mol. The lowest BCUT2D eigenvalue weighted by Crippen LogP contribution is -2.15. The van der Waals surface area contributed by atoms with Crippen molar-refractivity contribution < 1.29 is 14.1 Å². The normalized spacial score (nSPS) is 10.7. The van der Waals surface area contributed by atoms with E-state index < -0.39 is 10.8 Å². The number of aryl methyl sites for hydroxylation is 3. The minimum atomic E-state index is -0.513. The first-order valence-electron chi connectivity index (χ1n) is 8.42. The van der Waals surface area contributed by atoms with Gasteiger partial charge in [-0.25, -0.2) is 0 Å². The molecule has 0 saturated carbocycles. The highest BCUT2D eigenvalue weighted by atomic mass is 32.2. The summed E-state index contributed by atoms with van der Waals surface area (Å²) >= 11 is 1.07. The van der Waals surface area contributed by atoms with Gasteiger partial charge in [0.05, 0.1) is 10.7 Å². The Bertz CT molecular complexity index is 1030. The number of hydrogen-bond acceptors (Lipinski definition) is 7. The molecule has 28 heavy (non-hydrogen) atoms. The molecule has 8 nitrogen and oxygen atoms in total. The molecule has 0 radical (unpaired) electrons. The maximum atomic E-state index is 12.2. The molecule has 1 aromatic heterocycles. The highest BCUT2D eigenvalue weighted by Crippen LogP contribution is 2.29. The van der Waals surface area contributed by atoms with Gasteiger partial charge in [-0.15, -0.1) is 10.2 Å². The fraction of sp³-hybridized carbons (Fsp3) is 0.211. The number of thioether (sulfide) groups is 1. The summed E-state index contributed by atoms with van der Waals surface area (Å²) in [6, 6.07) is 10.7. The molecule has 1 amide bonds. The first kappa shape index (κ1) is 19.6. The summed E-state index contributed by atoms with van der Waals surface area (Å²) in [4.78, 5) is 22.9. The van der Waals surface area contributed by atoms with Gasteiger partial charge in [0.1, 0.15) is 5.69 Å². The second-order valence-electron chi connectivity index (χ2n) is 6.29. The average Bonchev–Trinajstić information content (AvgIpc) is 3.12. The summed E-state index contributed by atoms with van der Waals surface area (Å²) in [5, 5.41) is 22.0. The maximum absolute atomic E-state index is 12.2. The molecule has 0 atom stereocenters. The van der Waals surface area contributed by atoms with Gasteiger partial charge in [-0.2, -0.15) is 0 Å². The number of anilines is 1. The standard InChI is InChI=1S/C19H18N4O4S/c1-11-4-6-14(7-5-11)18-21-22-19(27-18)28-10-17(24)20-15-8-12(2)13(3)9-16(15)23(25)26/h4-9H,10H2,1-3H3,(H,20,24). The predicted octanol–water partition coefficient (Wildman–Crippen LogP) is 4.30. The zero-order valence-corrected chi connectivity index (χ0v) is 16.4. The highest BCUT2D eigenvalue weighted by molar-refractivity contribution is 7.99. The van der Waals surface area contributed by atoms with Crippen LogP contribution in [-0.4, -0.2) is 26.8 Å². The highest BCUT2D eigenvalue weighted by Gasteiger charge is 2.18. The van der Waals surface area contributed by atoms with E-state index in [1.165, 1.54) is 6.07 Å². The largest absolute Gasteiger partial charge is 0.411 e. The second kappa shape index (κ2) is 8.22. The number of amides is 1. The topological polar surface area (TPSA) is 111 Å². The molecule has 144 valence electrons.